The molecular formula is C13H26N2. The van der Waals surface area contributed by atoms with Crippen LogP contribution in [0.25, 0.3) is 0 Å². The van der Waals surface area contributed by atoms with Crippen LogP contribution in [0.5, 0.6) is 0 Å². The fraction of sp³-hybridized carbons (Fsp3) is 1.00. The topological polar surface area (TPSA) is 15.3 Å². The normalized spacial score (nSPS) is 34.6. The highest BCUT2D eigenvalue weighted by Crippen LogP contribution is 2.32. The monoisotopic (exact) mass is 210 g/mol. The first-order valence-corrected chi connectivity index (χ1v) is 6.64. The molecule has 1 aliphatic carbocycles. The lowest BCUT2D eigenvalue weighted by Gasteiger charge is -2.22. The van der Waals surface area contributed by atoms with Gasteiger partial charge in [-0.15, -0.1) is 0 Å². The van der Waals surface area contributed by atoms with Gasteiger partial charge in [-0.2, -0.15) is 0 Å². The van der Waals surface area contributed by atoms with Gasteiger partial charge in [0.2, 0.25) is 0 Å². The zero-order valence-corrected chi connectivity index (χ0v) is 10.5. The van der Waals surface area contributed by atoms with Gasteiger partial charge >= 0.3 is 0 Å². The number of nitrogens with zero attached hydrogens (tertiary/aromatic N) is 1. The maximum atomic E-state index is 3.67. The van der Waals surface area contributed by atoms with Crippen LogP contribution in [-0.2, 0) is 0 Å². The Balaban J connectivity index is 1.60. The third-order valence-corrected chi connectivity index (χ3v) is 4.11. The zero-order valence-electron chi connectivity index (χ0n) is 10.5. The molecular weight excluding hydrogens is 184 g/mol. The van der Waals surface area contributed by atoms with Crippen LogP contribution >= 0.6 is 0 Å². The molecule has 0 aromatic carbocycles. The van der Waals surface area contributed by atoms with Crippen molar-refractivity contribution in [3.05, 3.63) is 0 Å². The molecule has 1 N–H and O–H groups in total. The van der Waals surface area contributed by atoms with Crippen molar-refractivity contribution in [3.8, 4) is 0 Å². The van der Waals surface area contributed by atoms with Crippen LogP contribution in [0.3, 0.4) is 0 Å². The first-order chi connectivity index (χ1) is 7.16. The van der Waals surface area contributed by atoms with Crippen LogP contribution in [0.4, 0.5) is 0 Å². The highest BCUT2D eigenvalue weighted by atomic mass is 15.2. The molecule has 15 heavy (non-hydrogen) atoms. The van der Waals surface area contributed by atoms with E-state index in [1.54, 1.807) is 0 Å². The Labute approximate surface area is 94.4 Å². The minimum absolute atomic E-state index is 0.750. The lowest BCUT2D eigenvalue weighted by Crippen LogP contribution is -2.38. The molecule has 2 nitrogen and oxygen atoms in total. The van der Waals surface area contributed by atoms with Gasteiger partial charge in [-0.25, -0.2) is 0 Å². The Hall–Kier alpha value is -0.0800. The number of nitrogens with one attached hydrogen (secondary N) is 1. The summed E-state index contributed by atoms with van der Waals surface area (Å²) in [4.78, 5) is 2.64. The molecule has 1 heterocycles. The molecule has 1 saturated heterocycles. The molecule has 3 unspecified atom stereocenters. The van der Waals surface area contributed by atoms with E-state index in [0.29, 0.717) is 0 Å². The molecule has 0 aromatic rings. The van der Waals surface area contributed by atoms with E-state index in [1.165, 1.54) is 38.9 Å². The fourth-order valence-corrected chi connectivity index (χ4v) is 2.90. The van der Waals surface area contributed by atoms with Crippen molar-refractivity contribution in [1.29, 1.82) is 0 Å². The van der Waals surface area contributed by atoms with E-state index in [2.05, 4.69) is 31.0 Å². The van der Waals surface area contributed by atoms with Gasteiger partial charge in [-0.3, -0.25) is 4.90 Å². The average molecular weight is 210 g/mol. The van der Waals surface area contributed by atoms with Crippen LogP contribution in [0, 0.1) is 11.8 Å². The summed E-state index contributed by atoms with van der Waals surface area (Å²) in [5.41, 5.74) is 0. The van der Waals surface area contributed by atoms with E-state index in [4.69, 9.17) is 0 Å². The second-order valence-electron chi connectivity index (χ2n) is 5.77. The molecule has 2 fully saturated rings. The van der Waals surface area contributed by atoms with Gasteiger partial charge in [0.15, 0.2) is 0 Å². The van der Waals surface area contributed by atoms with Crippen molar-refractivity contribution in [2.75, 3.05) is 19.6 Å². The van der Waals surface area contributed by atoms with E-state index in [9.17, 15) is 0 Å². The largest absolute Gasteiger partial charge is 0.313 e. The van der Waals surface area contributed by atoms with Crippen LogP contribution < -0.4 is 5.32 Å². The summed E-state index contributed by atoms with van der Waals surface area (Å²) in [6.45, 7) is 10.8. The SMILES string of the molecule is CC1CC(C)N(CCNC(C)C2CC2)C1. The maximum absolute atomic E-state index is 3.67. The van der Waals surface area contributed by atoms with Gasteiger partial charge in [0.25, 0.3) is 0 Å². The zero-order chi connectivity index (χ0) is 10.8. The Morgan fingerprint density at radius 3 is 2.60 bits per heavy atom. The summed E-state index contributed by atoms with van der Waals surface area (Å²) >= 11 is 0. The average Bonchev–Trinajstić information content (AvgIpc) is 2.94. The summed E-state index contributed by atoms with van der Waals surface area (Å²) in [5.74, 6) is 1.89. The summed E-state index contributed by atoms with van der Waals surface area (Å²) in [7, 11) is 0. The number of rotatable bonds is 5. The second-order valence-corrected chi connectivity index (χ2v) is 5.77. The van der Waals surface area contributed by atoms with E-state index >= 15 is 0 Å². The maximum Gasteiger partial charge on any atom is 0.0110 e. The van der Waals surface area contributed by atoms with E-state index < -0.39 is 0 Å². The Morgan fingerprint density at radius 1 is 1.33 bits per heavy atom. The van der Waals surface area contributed by atoms with Crippen molar-refractivity contribution in [2.24, 2.45) is 11.8 Å². The lowest BCUT2D eigenvalue weighted by molar-refractivity contribution is 0.259. The molecule has 88 valence electrons. The predicted molar refractivity (Wildman–Crippen MR) is 65.0 cm³/mol. The van der Waals surface area contributed by atoms with Gasteiger partial charge in [0.1, 0.15) is 0 Å². The summed E-state index contributed by atoms with van der Waals surface area (Å²) in [6, 6.07) is 1.55. The Bertz CT molecular complexity index is 201. The molecule has 0 bridgehead atoms. The van der Waals surface area contributed by atoms with Crippen molar-refractivity contribution < 1.29 is 0 Å². The first-order valence-electron chi connectivity index (χ1n) is 6.64. The van der Waals surface area contributed by atoms with Crippen LogP contribution in [-0.4, -0.2) is 36.6 Å². The minimum Gasteiger partial charge on any atom is -0.313 e. The third-order valence-electron chi connectivity index (χ3n) is 4.11. The highest BCUT2D eigenvalue weighted by molar-refractivity contribution is 4.84. The summed E-state index contributed by atoms with van der Waals surface area (Å²) in [6.07, 6.45) is 4.29. The molecule has 0 amide bonds. The van der Waals surface area contributed by atoms with E-state index in [1.807, 2.05) is 0 Å². The van der Waals surface area contributed by atoms with Gasteiger partial charge in [-0.1, -0.05) is 6.92 Å². The molecule has 0 radical (unpaired) electrons. The van der Waals surface area contributed by atoms with Crippen LogP contribution in [0.15, 0.2) is 0 Å². The van der Waals surface area contributed by atoms with Crippen molar-refractivity contribution in [3.63, 3.8) is 0 Å². The van der Waals surface area contributed by atoms with Gasteiger partial charge in [-0.05, 0) is 44.9 Å². The van der Waals surface area contributed by atoms with Crippen LogP contribution in [0.2, 0.25) is 0 Å². The number of likely N-dealkylation sites (tertiary alicyclic amines) is 1. The minimum atomic E-state index is 0.750. The van der Waals surface area contributed by atoms with Crippen LogP contribution in [0.1, 0.15) is 40.0 Å². The molecule has 0 spiro atoms. The van der Waals surface area contributed by atoms with Crippen molar-refractivity contribution in [2.45, 2.75) is 52.1 Å². The Morgan fingerprint density at radius 2 is 2.07 bits per heavy atom. The molecule has 2 rings (SSSR count). The molecule has 3 atom stereocenters. The summed E-state index contributed by atoms with van der Waals surface area (Å²) < 4.78 is 0. The van der Waals surface area contributed by atoms with Gasteiger partial charge in [0.05, 0.1) is 0 Å². The Kier molecular flexibility index (Phi) is 3.68. The van der Waals surface area contributed by atoms with E-state index in [0.717, 1.165) is 23.9 Å². The smallest absolute Gasteiger partial charge is 0.0110 e. The fourth-order valence-electron chi connectivity index (χ4n) is 2.90. The highest BCUT2D eigenvalue weighted by Gasteiger charge is 2.28. The lowest BCUT2D eigenvalue weighted by atomic mass is 10.1. The third kappa shape index (κ3) is 3.18. The molecule has 1 aliphatic heterocycles. The predicted octanol–water partition coefficient (Wildman–Crippen LogP) is 2.10. The van der Waals surface area contributed by atoms with Gasteiger partial charge in [0, 0.05) is 31.7 Å². The van der Waals surface area contributed by atoms with E-state index in [-0.39, 0.29) is 0 Å². The molecule has 2 heteroatoms. The molecule has 1 saturated carbocycles. The molecule has 0 aromatic heterocycles. The van der Waals surface area contributed by atoms with Crippen molar-refractivity contribution in [1.82, 2.24) is 10.2 Å². The standard InChI is InChI=1S/C13H26N2/c1-10-8-11(2)15(9-10)7-6-14-12(3)13-4-5-13/h10-14H,4-9H2,1-3H3. The first kappa shape index (κ1) is 11.4. The summed E-state index contributed by atoms with van der Waals surface area (Å²) in [5, 5.41) is 3.67. The number of hydrogen-bond donors (Lipinski definition) is 1. The van der Waals surface area contributed by atoms with Gasteiger partial charge < -0.3 is 5.32 Å². The quantitative estimate of drug-likeness (QED) is 0.747. The second kappa shape index (κ2) is 4.84. The molecule has 2 aliphatic rings. The number of hydrogen-bond acceptors (Lipinski definition) is 2. The van der Waals surface area contributed by atoms with Crippen molar-refractivity contribution >= 4 is 0 Å².